The molecule has 10 nitrogen and oxygen atoms in total. The van der Waals surface area contributed by atoms with Gasteiger partial charge in [-0.05, 0) is 18.4 Å². The number of hydrogen-bond donors (Lipinski definition) is 3. The molecule has 0 saturated heterocycles. The highest BCUT2D eigenvalue weighted by Crippen LogP contribution is 2.25. The number of amides is 2. The summed E-state index contributed by atoms with van der Waals surface area (Å²) in [5, 5.41) is 14.7. The molecule has 2 amide bonds. The smallest absolute Gasteiger partial charge is 0.272 e. The van der Waals surface area contributed by atoms with Gasteiger partial charge in [-0.25, -0.2) is 4.21 Å². The maximum absolute atomic E-state index is 13.3. The monoisotopic (exact) mass is 419 g/mol. The first-order chi connectivity index (χ1) is 12.2. The fourth-order valence-electron chi connectivity index (χ4n) is 1.95. The van der Waals surface area contributed by atoms with Gasteiger partial charge in [0.15, 0.2) is 15.7 Å². The number of carbonyl (C=O) groups excluding carboxylic acids is 2. The second-order valence-electron chi connectivity index (χ2n) is 5.81. The Hall–Kier alpha value is -1.89. The zero-order valence-electron chi connectivity index (χ0n) is 14.0. The van der Waals surface area contributed by atoms with Crippen molar-refractivity contribution in [3.63, 3.8) is 0 Å². The number of nitrogens with one attached hydrogen (secondary N) is 2. The van der Waals surface area contributed by atoms with Crippen molar-refractivity contribution in [2.75, 3.05) is 0 Å². The van der Waals surface area contributed by atoms with Gasteiger partial charge in [0.1, 0.15) is 4.21 Å². The van der Waals surface area contributed by atoms with Crippen molar-refractivity contribution in [2.45, 2.75) is 36.9 Å². The first-order valence-electron chi connectivity index (χ1n) is 7.53. The van der Waals surface area contributed by atoms with Crippen LogP contribution in [0.25, 0.3) is 0 Å². The zero-order valence-corrected chi connectivity index (χ0v) is 16.4. The Bertz CT molecular complexity index is 887. The Kier molecular flexibility index (Phi) is 6.81. The van der Waals surface area contributed by atoms with E-state index in [9.17, 15) is 13.8 Å². The van der Waals surface area contributed by atoms with Gasteiger partial charge in [0.05, 0.1) is 17.5 Å². The lowest BCUT2D eigenvalue weighted by molar-refractivity contribution is -0.119. The molecule has 2 aromatic heterocycles. The van der Waals surface area contributed by atoms with E-state index < -0.39 is 27.8 Å². The number of tetrazole rings is 1. The van der Waals surface area contributed by atoms with E-state index in [4.69, 9.17) is 17.3 Å². The molecule has 2 heterocycles. The van der Waals surface area contributed by atoms with Gasteiger partial charge in [0, 0.05) is 5.38 Å². The number of carbonyl (C=O) groups is 2. The van der Waals surface area contributed by atoms with Crippen LogP contribution in [0.3, 0.4) is 0 Å². The first kappa shape index (κ1) is 20.4. The van der Waals surface area contributed by atoms with Crippen LogP contribution >= 0.6 is 22.9 Å². The number of aromatic amines is 1. The molecule has 0 bridgehead atoms. The van der Waals surface area contributed by atoms with E-state index in [1.54, 1.807) is 0 Å². The van der Waals surface area contributed by atoms with Crippen molar-refractivity contribution in [3.05, 3.63) is 22.3 Å². The van der Waals surface area contributed by atoms with Gasteiger partial charge in [-0.15, -0.1) is 25.9 Å². The number of thiophene rings is 1. The lowest BCUT2D eigenvalue weighted by Crippen LogP contribution is -2.36. The van der Waals surface area contributed by atoms with Crippen LogP contribution in [0.5, 0.6) is 0 Å². The molecule has 0 aromatic carbocycles. The van der Waals surface area contributed by atoms with Gasteiger partial charge in [-0.2, -0.15) is 5.21 Å². The average molecular weight is 420 g/mol. The average Bonchev–Trinajstić information content (AvgIpc) is 3.18. The summed E-state index contributed by atoms with van der Waals surface area (Å²) in [7, 11) is -3.59. The molecule has 0 spiro atoms. The van der Waals surface area contributed by atoms with E-state index in [0.29, 0.717) is 11.4 Å². The summed E-state index contributed by atoms with van der Waals surface area (Å²) in [6, 6.07) is 0.467. The lowest BCUT2D eigenvalue weighted by atomic mass is 10.0. The maximum atomic E-state index is 13.3. The third-order valence-electron chi connectivity index (χ3n) is 3.04. The van der Waals surface area contributed by atoms with Crippen LogP contribution in [0.2, 0.25) is 5.02 Å². The van der Waals surface area contributed by atoms with Crippen LogP contribution in [-0.4, -0.2) is 42.7 Å². The van der Waals surface area contributed by atoms with Gasteiger partial charge in [0.25, 0.3) is 5.91 Å². The number of rotatable bonds is 7. The normalized spacial score (nSPS) is 14.7. The minimum absolute atomic E-state index is 0.108. The maximum Gasteiger partial charge on any atom is 0.272 e. The van der Waals surface area contributed by atoms with Crippen molar-refractivity contribution in [1.82, 2.24) is 25.3 Å². The molecule has 2 unspecified atom stereocenters. The molecule has 0 aliphatic rings. The molecule has 142 valence electrons. The summed E-state index contributed by atoms with van der Waals surface area (Å²) in [5.41, 5.74) is 5.81. The van der Waals surface area contributed by atoms with Gasteiger partial charge in [0.2, 0.25) is 5.91 Å². The van der Waals surface area contributed by atoms with Gasteiger partial charge >= 0.3 is 0 Å². The van der Waals surface area contributed by atoms with Gasteiger partial charge in [-0.3, -0.25) is 14.3 Å². The standard InChI is InChI=1S/C13H18ClN7O3S2/c1-7(2)3-9(15)13(23)19-26(24,12-4-8(14)6-25-12)18-11(22)5-10-16-20-21-17-10/h4,6-7,9H,3,5,15H2,1-2H3,(H,16,17,20,21)(H,18,19,22,23,24). The largest absolute Gasteiger partial charge is 0.320 e. The van der Waals surface area contributed by atoms with Crippen molar-refractivity contribution in [3.8, 4) is 0 Å². The Morgan fingerprint density at radius 2 is 2.23 bits per heavy atom. The molecule has 2 atom stereocenters. The van der Waals surface area contributed by atoms with Crippen LogP contribution in [0.15, 0.2) is 20.0 Å². The van der Waals surface area contributed by atoms with Crippen molar-refractivity contribution in [1.29, 1.82) is 0 Å². The number of aromatic nitrogens is 4. The second kappa shape index (κ2) is 8.66. The predicted molar refractivity (Wildman–Crippen MR) is 96.6 cm³/mol. The van der Waals surface area contributed by atoms with Crippen LogP contribution in [0, 0.1) is 5.92 Å². The number of hydrogen-bond acceptors (Lipinski definition) is 8. The molecule has 0 radical (unpaired) electrons. The Morgan fingerprint density at radius 1 is 1.50 bits per heavy atom. The third kappa shape index (κ3) is 5.56. The summed E-state index contributed by atoms with van der Waals surface area (Å²) < 4.78 is 19.4. The second-order valence-corrected chi connectivity index (χ2v) is 9.29. The molecule has 0 saturated carbocycles. The summed E-state index contributed by atoms with van der Waals surface area (Å²) >= 11 is 6.89. The highest BCUT2D eigenvalue weighted by molar-refractivity contribution is 7.94. The molecule has 0 aliphatic heterocycles. The van der Waals surface area contributed by atoms with E-state index in [2.05, 4.69) is 29.7 Å². The Balaban J connectivity index is 2.30. The fraction of sp³-hybridized carbons (Fsp3) is 0.462. The van der Waals surface area contributed by atoms with Crippen LogP contribution in [-0.2, 0) is 25.9 Å². The van der Waals surface area contributed by atoms with Crippen molar-refractivity contribution >= 4 is 44.7 Å². The van der Waals surface area contributed by atoms with E-state index in [0.717, 1.165) is 11.3 Å². The van der Waals surface area contributed by atoms with Gasteiger partial charge in [-0.1, -0.05) is 30.7 Å². The van der Waals surface area contributed by atoms with E-state index in [1.165, 1.54) is 11.4 Å². The Morgan fingerprint density at radius 3 is 2.77 bits per heavy atom. The number of halogens is 1. The molecule has 2 rings (SSSR count). The highest BCUT2D eigenvalue weighted by Gasteiger charge is 2.24. The molecule has 13 heteroatoms. The summed E-state index contributed by atoms with van der Waals surface area (Å²) in [6.45, 7) is 3.80. The summed E-state index contributed by atoms with van der Waals surface area (Å²) in [6.07, 6.45) is 0.0915. The number of nitrogens with two attached hydrogens (primary N) is 1. The first-order valence-corrected chi connectivity index (χ1v) is 10.3. The highest BCUT2D eigenvalue weighted by atomic mass is 35.5. The van der Waals surface area contributed by atoms with Crippen LogP contribution in [0.1, 0.15) is 26.1 Å². The van der Waals surface area contributed by atoms with E-state index >= 15 is 0 Å². The molecule has 0 fully saturated rings. The van der Waals surface area contributed by atoms with E-state index in [1.807, 2.05) is 13.8 Å². The summed E-state index contributed by atoms with van der Waals surface area (Å²) in [5.74, 6) is -1.18. The fourth-order valence-corrected chi connectivity index (χ4v) is 5.01. The van der Waals surface area contributed by atoms with E-state index in [-0.39, 0.29) is 22.4 Å². The van der Waals surface area contributed by atoms with Gasteiger partial charge < -0.3 is 5.73 Å². The third-order valence-corrected chi connectivity index (χ3v) is 6.68. The molecular formula is C13H18ClN7O3S2. The molecule has 4 N–H and O–H groups in total. The predicted octanol–water partition coefficient (Wildman–Crippen LogP) is 0.915. The molecular weight excluding hydrogens is 402 g/mol. The molecule has 0 aliphatic carbocycles. The minimum atomic E-state index is -3.59. The van der Waals surface area contributed by atoms with Crippen LogP contribution in [0.4, 0.5) is 0 Å². The lowest BCUT2D eigenvalue weighted by Gasteiger charge is -2.13. The topological polar surface area (TPSA) is 156 Å². The van der Waals surface area contributed by atoms with Crippen molar-refractivity contribution < 1.29 is 13.8 Å². The molecule has 2 aromatic rings. The zero-order chi connectivity index (χ0) is 19.3. The van der Waals surface area contributed by atoms with Crippen LogP contribution < -0.4 is 10.5 Å². The quantitative estimate of drug-likeness (QED) is 0.602. The Labute approximate surface area is 159 Å². The minimum Gasteiger partial charge on any atom is -0.320 e. The molecule has 26 heavy (non-hydrogen) atoms. The van der Waals surface area contributed by atoms with Crippen molar-refractivity contribution in [2.24, 2.45) is 16.0 Å². The summed E-state index contributed by atoms with van der Waals surface area (Å²) in [4.78, 5) is 24.5. The number of H-pyrrole nitrogens is 1. The SMILES string of the molecule is CC(C)CC(N)C(=O)N=S(=O)(NC(=O)Cc1nn[nH]n1)c1cc(Cl)cs1. The number of nitrogens with zero attached hydrogens (tertiary/aromatic N) is 4.